The maximum Gasteiger partial charge on any atom is 0.234 e. The van der Waals surface area contributed by atoms with Crippen molar-refractivity contribution in [1.82, 2.24) is 25.1 Å². The minimum Gasteiger partial charge on any atom is -0.316 e. The van der Waals surface area contributed by atoms with Gasteiger partial charge in [0, 0.05) is 12.0 Å². The van der Waals surface area contributed by atoms with Crippen LogP contribution in [0, 0.1) is 0 Å². The minimum absolute atomic E-state index is 0.212. The molecule has 1 aliphatic rings. The summed E-state index contributed by atoms with van der Waals surface area (Å²) in [6, 6.07) is 0. The van der Waals surface area contributed by atoms with Crippen molar-refractivity contribution in [2.45, 2.75) is 31.6 Å². The zero-order valence-corrected chi connectivity index (χ0v) is 10.1. The lowest BCUT2D eigenvalue weighted by atomic mass is 9.79. The molecular weight excluding hydrogens is 222 g/mol. The van der Waals surface area contributed by atoms with Gasteiger partial charge in [-0.3, -0.25) is 0 Å². The summed E-state index contributed by atoms with van der Waals surface area (Å²) in [4.78, 5) is 0.897. The molecule has 2 aromatic rings. The number of nitrogens with one attached hydrogen (secondary N) is 1. The van der Waals surface area contributed by atoms with E-state index in [4.69, 9.17) is 0 Å². The molecule has 2 aromatic heterocycles. The van der Waals surface area contributed by atoms with Gasteiger partial charge in [-0.15, -0.1) is 10.2 Å². The lowest BCUT2D eigenvalue weighted by Gasteiger charge is -2.34. The molecule has 0 saturated carbocycles. The second-order valence-electron chi connectivity index (χ2n) is 4.38. The van der Waals surface area contributed by atoms with E-state index in [-0.39, 0.29) is 5.41 Å². The van der Waals surface area contributed by atoms with Crippen molar-refractivity contribution in [2.75, 3.05) is 13.1 Å². The SMILES string of the molecule is CCC1(c2nn3cnnc3s2)CCCNC1. The van der Waals surface area contributed by atoms with Gasteiger partial charge in [0.2, 0.25) is 4.96 Å². The van der Waals surface area contributed by atoms with Crippen molar-refractivity contribution in [3.8, 4) is 0 Å². The highest BCUT2D eigenvalue weighted by atomic mass is 32.1. The molecule has 0 aromatic carbocycles. The molecule has 1 unspecified atom stereocenters. The minimum atomic E-state index is 0.212. The first-order valence-electron chi connectivity index (χ1n) is 5.72. The largest absolute Gasteiger partial charge is 0.316 e. The average Bonchev–Trinajstić information content (AvgIpc) is 2.90. The third-order valence-electron chi connectivity index (χ3n) is 3.49. The Kier molecular flexibility index (Phi) is 2.40. The van der Waals surface area contributed by atoms with E-state index in [1.807, 2.05) is 0 Å². The molecule has 1 fully saturated rings. The molecule has 1 atom stereocenters. The lowest BCUT2D eigenvalue weighted by molar-refractivity contribution is 0.299. The number of nitrogens with zero attached hydrogens (tertiary/aromatic N) is 4. The van der Waals surface area contributed by atoms with E-state index in [0.29, 0.717) is 0 Å². The monoisotopic (exact) mass is 237 g/mol. The summed E-state index contributed by atoms with van der Waals surface area (Å²) in [6.45, 7) is 4.41. The van der Waals surface area contributed by atoms with Gasteiger partial charge in [0.05, 0.1) is 0 Å². The van der Waals surface area contributed by atoms with Crippen molar-refractivity contribution < 1.29 is 0 Å². The summed E-state index contributed by atoms with van der Waals surface area (Å²) in [5.74, 6) is 0. The molecule has 1 aliphatic heterocycles. The van der Waals surface area contributed by atoms with E-state index >= 15 is 0 Å². The molecule has 6 heteroatoms. The average molecular weight is 237 g/mol. The Labute approximate surface area is 97.9 Å². The first-order valence-corrected chi connectivity index (χ1v) is 6.54. The van der Waals surface area contributed by atoms with Gasteiger partial charge in [0.1, 0.15) is 11.3 Å². The van der Waals surface area contributed by atoms with Crippen LogP contribution in [-0.2, 0) is 5.41 Å². The van der Waals surface area contributed by atoms with Gasteiger partial charge in [-0.05, 0) is 25.8 Å². The first kappa shape index (κ1) is 10.2. The van der Waals surface area contributed by atoms with E-state index in [9.17, 15) is 0 Å². The van der Waals surface area contributed by atoms with Crippen LogP contribution in [0.3, 0.4) is 0 Å². The van der Waals surface area contributed by atoms with Crippen LogP contribution in [-0.4, -0.2) is 32.9 Å². The maximum absolute atomic E-state index is 4.61. The highest BCUT2D eigenvalue weighted by Crippen LogP contribution is 2.36. The Morgan fingerprint density at radius 2 is 2.56 bits per heavy atom. The molecule has 1 saturated heterocycles. The van der Waals surface area contributed by atoms with Crippen LogP contribution < -0.4 is 5.32 Å². The predicted molar refractivity (Wildman–Crippen MR) is 62.7 cm³/mol. The molecular formula is C10H15N5S. The number of rotatable bonds is 2. The van der Waals surface area contributed by atoms with E-state index in [1.165, 1.54) is 17.8 Å². The van der Waals surface area contributed by atoms with E-state index in [1.54, 1.807) is 22.2 Å². The van der Waals surface area contributed by atoms with Gasteiger partial charge in [-0.1, -0.05) is 18.3 Å². The van der Waals surface area contributed by atoms with Crippen molar-refractivity contribution in [1.29, 1.82) is 0 Å². The Hall–Kier alpha value is -1.01. The van der Waals surface area contributed by atoms with Gasteiger partial charge in [0.25, 0.3) is 0 Å². The first-order chi connectivity index (χ1) is 7.84. The lowest BCUT2D eigenvalue weighted by Crippen LogP contribution is -2.42. The molecule has 0 bridgehead atoms. The topological polar surface area (TPSA) is 55.1 Å². The third-order valence-corrected chi connectivity index (χ3v) is 4.65. The summed E-state index contributed by atoms with van der Waals surface area (Å²) in [5, 5.41) is 17.2. The van der Waals surface area contributed by atoms with Gasteiger partial charge < -0.3 is 5.32 Å². The van der Waals surface area contributed by atoms with Crippen LogP contribution in [0.25, 0.3) is 4.96 Å². The zero-order chi connectivity index (χ0) is 11.0. The fourth-order valence-electron chi connectivity index (χ4n) is 2.38. The van der Waals surface area contributed by atoms with Crippen molar-refractivity contribution in [2.24, 2.45) is 0 Å². The Morgan fingerprint density at radius 3 is 3.25 bits per heavy atom. The van der Waals surface area contributed by atoms with E-state index in [0.717, 1.165) is 24.5 Å². The standard InChI is InChI=1S/C10H15N5S/c1-2-10(4-3-5-11-6-10)8-14-15-7-12-13-9(15)16-8/h7,11H,2-6H2,1H3. The Morgan fingerprint density at radius 1 is 1.62 bits per heavy atom. The molecule has 3 heterocycles. The maximum atomic E-state index is 4.61. The molecule has 5 nitrogen and oxygen atoms in total. The summed E-state index contributed by atoms with van der Waals surface area (Å²) >= 11 is 1.67. The molecule has 0 aliphatic carbocycles. The smallest absolute Gasteiger partial charge is 0.234 e. The van der Waals surface area contributed by atoms with Crippen LogP contribution in [0.4, 0.5) is 0 Å². The quantitative estimate of drug-likeness (QED) is 0.853. The molecule has 16 heavy (non-hydrogen) atoms. The number of piperidine rings is 1. The van der Waals surface area contributed by atoms with Crippen molar-refractivity contribution in [3.63, 3.8) is 0 Å². The second-order valence-corrected chi connectivity index (χ2v) is 5.34. The molecule has 86 valence electrons. The third kappa shape index (κ3) is 1.44. The molecule has 0 amide bonds. The van der Waals surface area contributed by atoms with E-state index < -0.39 is 0 Å². The summed E-state index contributed by atoms with van der Waals surface area (Å²) in [7, 11) is 0. The van der Waals surface area contributed by atoms with Crippen molar-refractivity contribution in [3.05, 3.63) is 11.3 Å². The summed E-state index contributed by atoms with van der Waals surface area (Å²) < 4.78 is 1.78. The van der Waals surface area contributed by atoms with Gasteiger partial charge in [0.15, 0.2) is 0 Å². The van der Waals surface area contributed by atoms with Gasteiger partial charge in [-0.25, -0.2) is 0 Å². The molecule has 0 radical (unpaired) electrons. The molecule has 3 rings (SSSR count). The van der Waals surface area contributed by atoms with Gasteiger partial charge >= 0.3 is 0 Å². The van der Waals surface area contributed by atoms with Gasteiger partial charge in [-0.2, -0.15) is 9.61 Å². The van der Waals surface area contributed by atoms with Crippen LogP contribution in [0.5, 0.6) is 0 Å². The zero-order valence-electron chi connectivity index (χ0n) is 9.31. The fourth-order valence-corrected chi connectivity index (χ4v) is 3.48. The second kappa shape index (κ2) is 3.78. The molecule has 1 N–H and O–H groups in total. The predicted octanol–water partition coefficient (Wildman–Crippen LogP) is 1.22. The number of hydrogen-bond acceptors (Lipinski definition) is 5. The van der Waals surface area contributed by atoms with Crippen LogP contribution >= 0.6 is 11.3 Å². The number of hydrogen-bond donors (Lipinski definition) is 1. The van der Waals surface area contributed by atoms with Crippen molar-refractivity contribution >= 4 is 16.3 Å². The summed E-state index contributed by atoms with van der Waals surface area (Å²) in [6.07, 6.45) is 5.26. The van der Waals surface area contributed by atoms with Crippen LogP contribution in [0.15, 0.2) is 6.33 Å². The number of fused-ring (bicyclic) bond motifs is 1. The Balaban J connectivity index is 2.02. The normalized spacial score (nSPS) is 26.3. The number of aromatic nitrogens is 4. The van der Waals surface area contributed by atoms with Crippen LogP contribution in [0.2, 0.25) is 0 Å². The Bertz CT molecular complexity index is 454. The highest BCUT2D eigenvalue weighted by molar-refractivity contribution is 7.16. The van der Waals surface area contributed by atoms with E-state index in [2.05, 4.69) is 27.5 Å². The highest BCUT2D eigenvalue weighted by Gasteiger charge is 2.35. The fraction of sp³-hybridized carbons (Fsp3) is 0.700. The molecule has 0 spiro atoms. The van der Waals surface area contributed by atoms with Crippen LogP contribution in [0.1, 0.15) is 31.2 Å². The summed E-state index contributed by atoms with van der Waals surface area (Å²) in [5.41, 5.74) is 0.212.